The van der Waals surface area contributed by atoms with Crippen molar-refractivity contribution in [1.29, 1.82) is 0 Å². The van der Waals surface area contributed by atoms with Crippen LogP contribution in [0.25, 0.3) is 0 Å². The second-order valence-corrected chi connectivity index (χ2v) is 10.7. The summed E-state index contributed by atoms with van der Waals surface area (Å²) >= 11 is 6.04. The number of hydrogen-bond acceptors (Lipinski definition) is 6. The van der Waals surface area contributed by atoms with Gasteiger partial charge in [0.2, 0.25) is 0 Å². The first-order chi connectivity index (χ1) is 20.5. The predicted octanol–water partition coefficient (Wildman–Crippen LogP) is 4.82. The number of nitrogens with one attached hydrogen (secondary N) is 2. The Kier molecular flexibility index (Phi) is 11.8. The Hall–Kier alpha value is -4.28. The number of nitrogens with zero attached hydrogens (tertiary/aromatic N) is 2. The van der Waals surface area contributed by atoms with Gasteiger partial charge in [0, 0.05) is 50.4 Å². The van der Waals surface area contributed by atoms with E-state index in [1.165, 1.54) is 21.9 Å². The fourth-order valence-corrected chi connectivity index (χ4v) is 4.76. The largest absolute Gasteiger partial charge is 0.461 e. The molecule has 2 N–H and O–H groups in total. The third kappa shape index (κ3) is 8.62. The molecular formula is C32H36ClFN4O5. The molecule has 0 unspecified atom stereocenters. The third-order valence-corrected chi connectivity index (χ3v) is 7.01. The summed E-state index contributed by atoms with van der Waals surface area (Å²) in [5.41, 5.74) is 2.78. The number of benzene rings is 2. The van der Waals surface area contributed by atoms with Gasteiger partial charge in [-0.25, -0.2) is 14.0 Å². The van der Waals surface area contributed by atoms with Crippen LogP contribution in [-0.4, -0.2) is 68.9 Å². The van der Waals surface area contributed by atoms with Crippen LogP contribution in [0.5, 0.6) is 0 Å². The molecule has 0 saturated heterocycles. The van der Waals surface area contributed by atoms with Crippen LogP contribution in [0.4, 0.5) is 14.9 Å². The number of urea groups is 1. The second-order valence-electron chi connectivity index (χ2n) is 10.3. The van der Waals surface area contributed by atoms with Crippen molar-refractivity contribution in [3.05, 3.63) is 99.5 Å². The molecule has 2 aromatic carbocycles. The number of amides is 3. The Morgan fingerprint density at radius 1 is 1.09 bits per heavy atom. The number of carbonyl (C=O) groups excluding carboxylic acids is 4. The lowest BCUT2D eigenvalue weighted by Gasteiger charge is -2.27. The average Bonchev–Trinajstić information content (AvgIpc) is 3.17. The number of rotatable bonds is 11. The van der Waals surface area contributed by atoms with Gasteiger partial charge in [0.1, 0.15) is 11.9 Å². The molecule has 9 nitrogen and oxygen atoms in total. The zero-order valence-electron chi connectivity index (χ0n) is 24.8. The smallest absolute Gasteiger partial charge is 0.329 e. The lowest BCUT2D eigenvalue weighted by atomic mass is 10.0. The first-order valence-corrected chi connectivity index (χ1v) is 14.1. The molecular weight excluding hydrogens is 575 g/mol. The molecule has 0 radical (unpaired) electrons. The van der Waals surface area contributed by atoms with Crippen LogP contribution in [0.3, 0.4) is 0 Å². The summed E-state index contributed by atoms with van der Waals surface area (Å²) in [6.07, 6.45) is 6.36. The van der Waals surface area contributed by atoms with E-state index >= 15 is 0 Å². The van der Waals surface area contributed by atoms with Gasteiger partial charge in [-0.2, -0.15) is 0 Å². The average molecular weight is 611 g/mol. The Morgan fingerprint density at radius 2 is 1.79 bits per heavy atom. The Labute approximate surface area is 256 Å². The first-order valence-electron chi connectivity index (χ1n) is 13.7. The molecule has 0 heterocycles. The topological polar surface area (TPSA) is 108 Å². The fourth-order valence-electron chi connectivity index (χ4n) is 4.51. The number of ether oxygens (including phenoxy) is 1. The number of aldehydes is 1. The van der Waals surface area contributed by atoms with Crippen molar-refractivity contribution in [2.24, 2.45) is 0 Å². The highest BCUT2D eigenvalue weighted by atomic mass is 35.5. The highest BCUT2D eigenvalue weighted by molar-refractivity contribution is 6.33. The van der Waals surface area contributed by atoms with Gasteiger partial charge in [0.25, 0.3) is 5.91 Å². The number of halogens is 2. The van der Waals surface area contributed by atoms with E-state index in [1.807, 2.05) is 19.2 Å². The molecule has 1 atom stereocenters. The van der Waals surface area contributed by atoms with Crippen molar-refractivity contribution in [2.45, 2.75) is 38.8 Å². The van der Waals surface area contributed by atoms with Crippen LogP contribution in [0.1, 0.15) is 36.2 Å². The molecule has 3 amide bonds. The summed E-state index contributed by atoms with van der Waals surface area (Å²) in [6, 6.07) is 9.23. The minimum atomic E-state index is -1.13. The van der Waals surface area contributed by atoms with Crippen LogP contribution in [0.2, 0.25) is 5.02 Å². The Bertz CT molecular complexity index is 1430. The normalized spacial score (nSPS) is 13.6. The highest BCUT2D eigenvalue weighted by Gasteiger charge is 2.27. The summed E-state index contributed by atoms with van der Waals surface area (Å²) in [5.74, 6) is -2.34. The van der Waals surface area contributed by atoms with Crippen molar-refractivity contribution < 1.29 is 28.3 Å². The molecule has 1 aliphatic carbocycles. The highest BCUT2D eigenvalue weighted by Crippen LogP contribution is 2.24. The zero-order valence-corrected chi connectivity index (χ0v) is 25.6. The van der Waals surface area contributed by atoms with Crippen LogP contribution in [0, 0.1) is 5.82 Å². The number of anilines is 1. The first kappa shape index (κ1) is 33.2. The monoisotopic (exact) mass is 610 g/mol. The molecule has 11 heteroatoms. The number of carbonyl (C=O) groups is 4. The minimum absolute atomic E-state index is 0.0460. The Balaban J connectivity index is 1.78. The van der Waals surface area contributed by atoms with Crippen molar-refractivity contribution in [2.75, 3.05) is 32.6 Å². The van der Waals surface area contributed by atoms with E-state index in [0.29, 0.717) is 35.5 Å². The van der Waals surface area contributed by atoms with Gasteiger partial charge in [0.05, 0.1) is 16.7 Å². The maximum absolute atomic E-state index is 14.3. The maximum Gasteiger partial charge on any atom is 0.329 e. The standard InChI is InChI=1S/C32H36ClFN4O5/c1-20(2)43-31(41)27(36-30(40)29-25(33)9-7-10-26(29)34)17-21-12-14-24(15-13-21)37(4)32(42)38(5)28-11-6-8-22(18-35-3)16-23(28)19-39/h6-10,12-16,19-20,27,35H,11,17-18H2,1-5H3,(H,36,40)/t27-/m0/s1. The van der Waals surface area contributed by atoms with Gasteiger partial charge in [0.15, 0.2) is 6.29 Å². The lowest BCUT2D eigenvalue weighted by molar-refractivity contribution is -0.149. The number of likely N-dealkylation sites (N-methyl/N-ethyl adjacent to an activating group) is 1. The van der Waals surface area contributed by atoms with Crippen LogP contribution < -0.4 is 15.5 Å². The molecule has 0 fully saturated rings. The van der Waals surface area contributed by atoms with Crippen LogP contribution >= 0.6 is 11.6 Å². The van der Waals surface area contributed by atoms with Crippen LogP contribution in [-0.2, 0) is 20.7 Å². The maximum atomic E-state index is 14.3. The van der Waals surface area contributed by atoms with Crippen molar-refractivity contribution >= 4 is 41.5 Å². The quantitative estimate of drug-likeness (QED) is 0.279. The summed E-state index contributed by atoms with van der Waals surface area (Å²) in [4.78, 5) is 53.9. The van der Waals surface area contributed by atoms with E-state index in [-0.39, 0.29) is 23.0 Å². The molecule has 3 rings (SSSR count). The molecule has 0 bridgehead atoms. The summed E-state index contributed by atoms with van der Waals surface area (Å²) in [6.45, 7) is 3.95. The number of hydrogen-bond donors (Lipinski definition) is 2. The van der Waals surface area contributed by atoms with Gasteiger partial charge in [-0.1, -0.05) is 42.0 Å². The fraction of sp³-hybridized carbons (Fsp3) is 0.312. The van der Waals surface area contributed by atoms with Gasteiger partial charge >= 0.3 is 12.0 Å². The van der Waals surface area contributed by atoms with E-state index < -0.39 is 29.8 Å². The zero-order chi connectivity index (χ0) is 31.7. The molecule has 0 aromatic heterocycles. The van der Waals surface area contributed by atoms with E-state index in [9.17, 15) is 23.6 Å². The number of esters is 1. The SMILES string of the molecule is CNCC1=CC(C=O)=C(N(C)C(=O)N(C)c2ccc(C[C@H](NC(=O)c3c(F)cccc3Cl)C(=O)OC(C)C)cc2)CC=C1. The van der Waals surface area contributed by atoms with E-state index in [0.717, 1.165) is 17.9 Å². The molecule has 2 aromatic rings. The van der Waals surface area contributed by atoms with Crippen molar-refractivity contribution in [3.8, 4) is 0 Å². The lowest BCUT2D eigenvalue weighted by Crippen LogP contribution is -2.44. The minimum Gasteiger partial charge on any atom is -0.461 e. The summed E-state index contributed by atoms with van der Waals surface area (Å²) in [7, 11) is 5.05. The summed E-state index contributed by atoms with van der Waals surface area (Å²) in [5, 5.41) is 5.52. The molecule has 43 heavy (non-hydrogen) atoms. The van der Waals surface area contributed by atoms with Gasteiger partial charge in [-0.05, 0) is 62.4 Å². The van der Waals surface area contributed by atoms with E-state index in [1.54, 1.807) is 58.3 Å². The van der Waals surface area contributed by atoms with Crippen molar-refractivity contribution in [3.63, 3.8) is 0 Å². The van der Waals surface area contributed by atoms with Crippen LogP contribution in [0.15, 0.2) is 77.5 Å². The second kappa shape index (κ2) is 15.3. The predicted molar refractivity (Wildman–Crippen MR) is 164 cm³/mol. The Morgan fingerprint density at radius 3 is 2.40 bits per heavy atom. The van der Waals surface area contributed by atoms with Gasteiger partial charge in [-0.3, -0.25) is 19.4 Å². The summed E-state index contributed by atoms with van der Waals surface area (Å²) < 4.78 is 19.7. The third-order valence-electron chi connectivity index (χ3n) is 6.70. The molecule has 0 aliphatic heterocycles. The molecule has 1 aliphatic rings. The number of allylic oxidation sites excluding steroid dienone is 3. The molecule has 228 valence electrons. The molecule has 0 saturated carbocycles. The van der Waals surface area contributed by atoms with E-state index in [2.05, 4.69) is 10.6 Å². The van der Waals surface area contributed by atoms with Gasteiger partial charge < -0.3 is 15.4 Å². The van der Waals surface area contributed by atoms with E-state index in [4.69, 9.17) is 16.3 Å². The molecule has 0 spiro atoms. The van der Waals surface area contributed by atoms with Gasteiger partial charge in [-0.15, -0.1) is 0 Å². The van der Waals surface area contributed by atoms with Crippen molar-refractivity contribution in [1.82, 2.24) is 15.5 Å².